The van der Waals surface area contributed by atoms with Crippen LogP contribution in [0.15, 0.2) is 0 Å². The summed E-state index contributed by atoms with van der Waals surface area (Å²) in [7, 11) is 0. The van der Waals surface area contributed by atoms with Crippen molar-refractivity contribution in [2.75, 3.05) is 32.8 Å². The summed E-state index contributed by atoms with van der Waals surface area (Å²) in [6.45, 7) is 8.47. The van der Waals surface area contributed by atoms with E-state index < -0.39 is 0 Å². The number of hydrogen-bond acceptors (Lipinski definition) is 3. The summed E-state index contributed by atoms with van der Waals surface area (Å²) in [5, 5.41) is 3.44. The number of amides is 1. The lowest BCUT2D eigenvalue weighted by atomic mass is 9.78. The summed E-state index contributed by atoms with van der Waals surface area (Å²) < 4.78 is 5.37. The van der Waals surface area contributed by atoms with Crippen molar-refractivity contribution in [1.29, 1.82) is 0 Å². The van der Waals surface area contributed by atoms with E-state index in [-0.39, 0.29) is 12.0 Å². The third-order valence-electron chi connectivity index (χ3n) is 4.23. The first-order valence-corrected chi connectivity index (χ1v) is 6.78. The topological polar surface area (TPSA) is 41.6 Å². The fourth-order valence-electron chi connectivity index (χ4n) is 3.00. The Balaban J connectivity index is 1.84. The molecule has 2 aliphatic heterocycles. The Kier molecular flexibility index (Phi) is 4.05. The maximum Gasteiger partial charge on any atom is 0.251 e. The number of ether oxygens (including phenoxy) is 1. The summed E-state index contributed by atoms with van der Waals surface area (Å²) in [5.74, 6) is 0.160. The largest absolute Gasteiger partial charge is 0.369 e. The molecule has 2 heterocycles. The predicted octanol–water partition coefficient (Wildman–Crippen LogP) is 1.01. The molecule has 1 N–H and O–H groups in total. The molecule has 0 saturated carbocycles. The molecule has 0 aromatic rings. The molecule has 0 aromatic carbocycles. The van der Waals surface area contributed by atoms with Gasteiger partial charge >= 0.3 is 0 Å². The smallest absolute Gasteiger partial charge is 0.251 e. The van der Waals surface area contributed by atoms with Crippen molar-refractivity contribution in [1.82, 2.24) is 10.2 Å². The van der Waals surface area contributed by atoms with Gasteiger partial charge in [-0.15, -0.1) is 0 Å². The molecule has 2 fully saturated rings. The molecular weight excluding hydrogens is 216 g/mol. The number of carbonyl (C=O) groups is 1. The van der Waals surface area contributed by atoms with Crippen LogP contribution in [-0.2, 0) is 9.53 Å². The molecule has 2 rings (SSSR count). The Morgan fingerprint density at radius 1 is 1.41 bits per heavy atom. The van der Waals surface area contributed by atoms with Crippen molar-refractivity contribution in [2.45, 2.75) is 39.2 Å². The van der Waals surface area contributed by atoms with Crippen LogP contribution < -0.4 is 5.32 Å². The van der Waals surface area contributed by atoms with Crippen molar-refractivity contribution in [3.05, 3.63) is 0 Å². The van der Waals surface area contributed by atoms with Crippen molar-refractivity contribution >= 4 is 5.91 Å². The third-order valence-corrected chi connectivity index (χ3v) is 4.23. The molecular formula is C13H24N2O2. The fourth-order valence-corrected chi connectivity index (χ4v) is 3.00. The van der Waals surface area contributed by atoms with Gasteiger partial charge in [0.2, 0.25) is 0 Å². The average Bonchev–Trinajstić information content (AvgIpc) is 2.78. The van der Waals surface area contributed by atoms with Gasteiger partial charge in [0.1, 0.15) is 6.10 Å². The minimum absolute atomic E-state index is 0.160. The second-order valence-electron chi connectivity index (χ2n) is 5.35. The molecule has 98 valence electrons. The quantitative estimate of drug-likeness (QED) is 0.800. The highest BCUT2D eigenvalue weighted by atomic mass is 16.5. The SMILES string of the molecule is CCOC(C)C(=O)N1CCC2(CCNC2)CC1. The second-order valence-corrected chi connectivity index (χ2v) is 5.35. The van der Waals surface area contributed by atoms with Crippen LogP contribution >= 0.6 is 0 Å². The Morgan fingerprint density at radius 2 is 2.12 bits per heavy atom. The van der Waals surface area contributed by atoms with Crippen LogP contribution in [0.5, 0.6) is 0 Å². The van der Waals surface area contributed by atoms with Gasteiger partial charge in [-0.25, -0.2) is 0 Å². The molecule has 1 amide bonds. The molecule has 0 aliphatic carbocycles. The highest BCUT2D eigenvalue weighted by Gasteiger charge is 2.38. The molecule has 1 atom stereocenters. The minimum atomic E-state index is -0.282. The zero-order chi connectivity index (χ0) is 12.3. The van der Waals surface area contributed by atoms with E-state index in [1.54, 1.807) is 0 Å². The highest BCUT2D eigenvalue weighted by Crippen LogP contribution is 2.36. The molecule has 0 aromatic heterocycles. The number of hydrogen-bond donors (Lipinski definition) is 1. The van der Waals surface area contributed by atoms with E-state index >= 15 is 0 Å². The van der Waals surface area contributed by atoms with Gasteiger partial charge in [0, 0.05) is 26.2 Å². The van der Waals surface area contributed by atoms with Gasteiger partial charge in [-0.2, -0.15) is 0 Å². The van der Waals surface area contributed by atoms with E-state index in [0.717, 1.165) is 39.0 Å². The van der Waals surface area contributed by atoms with Gasteiger partial charge in [-0.3, -0.25) is 4.79 Å². The monoisotopic (exact) mass is 240 g/mol. The van der Waals surface area contributed by atoms with Gasteiger partial charge in [0.05, 0.1) is 0 Å². The van der Waals surface area contributed by atoms with E-state index in [0.29, 0.717) is 12.0 Å². The summed E-state index contributed by atoms with van der Waals surface area (Å²) in [5.41, 5.74) is 0.478. The van der Waals surface area contributed by atoms with E-state index in [4.69, 9.17) is 4.74 Å². The van der Waals surface area contributed by atoms with Gasteiger partial charge in [-0.05, 0) is 45.1 Å². The predicted molar refractivity (Wildman–Crippen MR) is 66.8 cm³/mol. The van der Waals surface area contributed by atoms with Crippen LogP contribution in [0, 0.1) is 5.41 Å². The van der Waals surface area contributed by atoms with Crippen molar-refractivity contribution < 1.29 is 9.53 Å². The lowest BCUT2D eigenvalue weighted by molar-refractivity contribution is -0.144. The summed E-state index contributed by atoms with van der Waals surface area (Å²) in [6, 6.07) is 0. The fraction of sp³-hybridized carbons (Fsp3) is 0.923. The van der Waals surface area contributed by atoms with Crippen LogP contribution in [-0.4, -0.2) is 49.7 Å². The Morgan fingerprint density at radius 3 is 2.65 bits per heavy atom. The summed E-state index contributed by atoms with van der Waals surface area (Å²) in [4.78, 5) is 14.1. The first kappa shape index (κ1) is 12.8. The maximum absolute atomic E-state index is 12.1. The highest BCUT2D eigenvalue weighted by molar-refractivity contribution is 5.80. The second kappa shape index (κ2) is 5.36. The standard InChI is InChI=1S/C13H24N2O2/c1-3-17-11(2)12(16)15-8-5-13(6-9-15)4-7-14-10-13/h11,14H,3-10H2,1-2H3. The molecule has 0 radical (unpaired) electrons. The molecule has 2 saturated heterocycles. The first-order chi connectivity index (χ1) is 8.17. The minimum Gasteiger partial charge on any atom is -0.369 e. The van der Waals surface area contributed by atoms with Crippen LogP contribution in [0.4, 0.5) is 0 Å². The van der Waals surface area contributed by atoms with Gasteiger partial charge < -0.3 is 15.0 Å². The number of carbonyl (C=O) groups excluding carboxylic acids is 1. The van der Waals surface area contributed by atoms with Gasteiger partial charge in [-0.1, -0.05) is 0 Å². The van der Waals surface area contributed by atoms with Crippen LogP contribution in [0.25, 0.3) is 0 Å². The van der Waals surface area contributed by atoms with Crippen LogP contribution in [0.2, 0.25) is 0 Å². The summed E-state index contributed by atoms with van der Waals surface area (Å²) in [6.07, 6.45) is 3.28. The number of nitrogens with one attached hydrogen (secondary N) is 1. The molecule has 17 heavy (non-hydrogen) atoms. The number of nitrogens with zero attached hydrogens (tertiary/aromatic N) is 1. The Bertz CT molecular complexity index is 265. The normalized spacial score (nSPS) is 25.2. The molecule has 1 unspecified atom stereocenters. The number of piperidine rings is 1. The van der Waals surface area contributed by atoms with Crippen molar-refractivity contribution in [3.8, 4) is 0 Å². The zero-order valence-corrected chi connectivity index (χ0v) is 11.0. The third kappa shape index (κ3) is 2.80. The number of rotatable bonds is 3. The van der Waals surface area contributed by atoms with Gasteiger partial charge in [0.25, 0.3) is 5.91 Å². The molecule has 4 heteroatoms. The maximum atomic E-state index is 12.1. The van der Waals surface area contributed by atoms with Crippen molar-refractivity contribution in [3.63, 3.8) is 0 Å². The van der Waals surface area contributed by atoms with E-state index in [1.165, 1.54) is 6.42 Å². The first-order valence-electron chi connectivity index (χ1n) is 6.78. The van der Waals surface area contributed by atoms with E-state index in [1.807, 2.05) is 18.7 Å². The molecule has 2 aliphatic rings. The zero-order valence-electron chi connectivity index (χ0n) is 11.0. The number of likely N-dealkylation sites (tertiary alicyclic amines) is 1. The molecule has 1 spiro atoms. The van der Waals surface area contributed by atoms with Crippen LogP contribution in [0.3, 0.4) is 0 Å². The van der Waals surface area contributed by atoms with Crippen LogP contribution in [0.1, 0.15) is 33.1 Å². The van der Waals surface area contributed by atoms with E-state index in [9.17, 15) is 4.79 Å². The Labute approximate surface area is 104 Å². The lowest BCUT2D eigenvalue weighted by Crippen LogP contribution is -2.47. The van der Waals surface area contributed by atoms with E-state index in [2.05, 4.69) is 5.32 Å². The van der Waals surface area contributed by atoms with Gasteiger partial charge in [0.15, 0.2) is 0 Å². The lowest BCUT2D eigenvalue weighted by Gasteiger charge is -2.39. The van der Waals surface area contributed by atoms with Crippen molar-refractivity contribution in [2.24, 2.45) is 5.41 Å². The average molecular weight is 240 g/mol. The molecule has 4 nitrogen and oxygen atoms in total. The Hall–Kier alpha value is -0.610. The molecule has 0 bridgehead atoms. The summed E-state index contributed by atoms with van der Waals surface area (Å²) >= 11 is 0.